The number of anilines is 1. The Morgan fingerprint density at radius 3 is 2.38 bits per heavy atom. The van der Waals surface area contributed by atoms with E-state index in [2.05, 4.69) is 15.5 Å². The molecule has 1 heterocycles. The molecule has 4 aromatic rings. The number of fused-ring (bicyclic) bond motifs is 1. The summed E-state index contributed by atoms with van der Waals surface area (Å²) in [6.45, 7) is 1.93. The lowest BCUT2D eigenvalue weighted by molar-refractivity contribution is -0.137. The minimum atomic E-state index is -4.45. The van der Waals surface area contributed by atoms with E-state index in [-0.39, 0.29) is 11.6 Å². The lowest BCUT2D eigenvalue weighted by atomic mass is 10.1. The zero-order valence-electron chi connectivity index (χ0n) is 15.2. The van der Waals surface area contributed by atoms with Gasteiger partial charge in [-0.3, -0.25) is 4.79 Å². The molecule has 4 rings (SSSR count). The number of rotatable bonds is 3. The van der Waals surface area contributed by atoms with Crippen LogP contribution in [0.4, 0.5) is 18.9 Å². The molecule has 146 valence electrons. The fraction of sp³-hybridized carbons (Fsp3) is 0.0952. The number of hydrogen-bond acceptors (Lipinski definition) is 3. The highest BCUT2D eigenvalue weighted by Gasteiger charge is 2.30. The Bertz CT molecular complexity index is 1200. The van der Waals surface area contributed by atoms with Crippen LogP contribution in [-0.2, 0) is 6.18 Å². The number of benzene rings is 3. The molecule has 5 nitrogen and oxygen atoms in total. The van der Waals surface area contributed by atoms with Crippen LogP contribution < -0.4 is 5.32 Å². The van der Waals surface area contributed by atoms with E-state index in [0.717, 1.165) is 22.5 Å². The standard InChI is InChI=1S/C21H15F3N4O/c1-13-5-7-14(8-6-13)20(29)25-16-9-10-18-19(12-16)27-28(26-18)17-4-2-3-15(11-17)21(22,23)24/h2-12H,1H3,(H,25,29). The van der Waals surface area contributed by atoms with Crippen LogP contribution in [0.5, 0.6) is 0 Å². The molecule has 1 N–H and O–H groups in total. The highest BCUT2D eigenvalue weighted by molar-refractivity contribution is 6.04. The fourth-order valence-corrected chi connectivity index (χ4v) is 2.82. The van der Waals surface area contributed by atoms with Gasteiger partial charge in [-0.05, 0) is 55.5 Å². The van der Waals surface area contributed by atoms with Crippen LogP contribution in [0, 0.1) is 6.92 Å². The number of carbonyl (C=O) groups is 1. The molecule has 1 aromatic heterocycles. The number of hydrogen-bond donors (Lipinski definition) is 1. The number of aromatic nitrogens is 3. The predicted molar refractivity (Wildman–Crippen MR) is 103 cm³/mol. The second kappa shape index (κ2) is 7.05. The summed E-state index contributed by atoms with van der Waals surface area (Å²) >= 11 is 0. The van der Waals surface area contributed by atoms with Gasteiger partial charge in [0.2, 0.25) is 0 Å². The Morgan fingerprint density at radius 1 is 0.931 bits per heavy atom. The molecule has 0 spiro atoms. The van der Waals surface area contributed by atoms with Crippen molar-refractivity contribution in [2.75, 3.05) is 5.32 Å². The second-order valence-corrected chi connectivity index (χ2v) is 6.56. The van der Waals surface area contributed by atoms with Gasteiger partial charge in [0.15, 0.2) is 0 Å². The molecule has 1 amide bonds. The van der Waals surface area contributed by atoms with E-state index >= 15 is 0 Å². The van der Waals surface area contributed by atoms with Gasteiger partial charge in [0.1, 0.15) is 11.0 Å². The van der Waals surface area contributed by atoms with E-state index in [1.807, 2.05) is 19.1 Å². The number of nitrogens with one attached hydrogen (secondary N) is 1. The van der Waals surface area contributed by atoms with Crippen molar-refractivity contribution in [2.24, 2.45) is 0 Å². The van der Waals surface area contributed by atoms with Crippen molar-refractivity contribution >= 4 is 22.6 Å². The zero-order valence-corrected chi connectivity index (χ0v) is 15.2. The third-order valence-corrected chi connectivity index (χ3v) is 4.36. The maximum Gasteiger partial charge on any atom is 0.416 e. The summed E-state index contributed by atoms with van der Waals surface area (Å²) in [6.07, 6.45) is -4.45. The van der Waals surface area contributed by atoms with Crippen LogP contribution in [0.1, 0.15) is 21.5 Å². The maximum atomic E-state index is 12.9. The summed E-state index contributed by atoms with van der Waals surface area (Å²) < 4.78 is 38.8. The molecular formula is C21H15F3N4O. The third-order valence-electron chi connectivity index (χ3n) is 4.36. The van der Waals surface area contributed by atoms with Gasteiger partial charge >= 0.3 is 6.18 Å². The smallest absolute Gasteiger partial charge is 0.322 e. The molecule has 0 saturated carbocycles. The third kappa shape index (κ3) is 3.96. The minimum Gasteiger partial charge on any atom is -0.322 e. The Balaban J connectivity index is 1.61. The Hall–Kier alpha value is -3.68. The van der Waals surface area contributed by atoms with Gasteiger partial charge in [-0.1, -0.05) is 23.8 Å². The van der Waals surface area contributed by atoms with Crippen LogP contribution in [0.25, 0.3) is 16.7 Å². The van der Waals surface area contributed by atoms with Gasteiger partial charge < -0.3 is 5.32 Å². The molecule has 0 aliphatic carbocycles. The minimum absolute atomic E-state index is 0.196. The summed E-state index contributed by atoms with van der Waals surface area (Å²) in [4.78, 5) is 13.5. The number of nitrogens with zero attached hydrogens (tertiary/aromatic N) is 3. The average Bonchev–Trinajstić information content (AvgIpc) is 3.11. The molecule has 3 aromatic carbocycles. The van der Waals surface area contributed by atoms with Crippen molar-refractivity contribution in [1.82, 2.24) is 15.0 Å². The van der Waals surface area contributed by atoms with Crippen LogP contribution in [0.15, 0.2) is 66.7 Å². The molecule has 0 bridgehead atoms. The van der Waals surface area contributed by atoms with Gasteiger partial charge in [-0.15, -0.1) is 10.2 Å². The monoisotopic (exact) mass is 396 g/mol. The number of amides is 1. The Morgan fingerprint density at radius 2 is 1.66 bits per heavy atom. The van der Waals surface area contributed by atoms with E-state index in [9.17, 15) is 18.0 Å². The average molecular weight is 396 g/mol. The van der Waals surface area contributed by atoms with E-state index in [1.165, 1.54) is 12.1 Å². The quantitative estimate of drug-likeness (QED) is 0.530. The van der Waals surface area contributed by atoms with Crippen LogP contribution in [0.3, 0.4) is 0 Å². The van der Waals surface area contributed by atoms with Gasteiger partial charge in [-0.2, -0.15) is 18.0 Å². The van der Waals surface area contributed by atoms with Crippen molar-refractivity contribution < 1.29 is 18.0 Å². The van der Waals surface area contributed by atoms with Gasteiger partial charge in [0, 0.05) is 11.3 Å². The predicted octanol–water partition coefficient (Wildman–Crippen LogP) is 5.00. The van der Waals surface area contributed by atoms with Crippen LogP contribution in [-0.4, -0.2) is 20.9 Å². The van der Waals surface area contributed by atoms with E-state index in [1.54, 1.807) is 30.3 Å². The SMILES string of the molecule is Cc1ccc(C(=O)Nc2ccc3nn(-c4cccc(C(F)(F)F)c4)nc3c2)cc1. The van der Waals surface area contributed by atoms with Crippen LogP contribution in [0.2, 0.25) is 0 Å². The normalized spacial score (nSPS) is 11.6. The number of alkyl halides is 3. The largest absolute Gasteiger partial charge is 0.416 e. The summed E-state index contributed by atoms with van der Waals surface area (Å²) in [6, 6.07) is 16.9. The first-order valence-corrected chi connectivity index (χ1v) is 8.72. The molecule has 0 atom stereocenters. The van der Waals surface area contributed by atoms with Gasteiger partial charge in [0.05, 0.1) is 11.3 Å². The first kappa shape index (κ1) is 18.7. The van der Waals surface area contributed by atoms with Crippen molar-refractivity contribution in [1.29, 1.82) is 0 Å². The summed E-state index contributed by atoms with van der Waals surface area (Å²) in [5, 5.41) is 11.2. The number of halogens is 3. The molecular weight excluding hydrogens is 381 g/mol. The fourth-order valence-electron chi connectivity index (χ4n) is 2.82. The molecule has 0 radical (unpaired) electrons. The zero-order chi connectivity index (χ0) is 20.6. The van der Waals surface area contributed by atoms with Crippen LogP contribution >= 0.6 is 0 Å². The molecule has 0 fully saturated rings. The number of aryl methyl sites for hydroxylation is 1. The second-order valence-electron chi connectivity index (χ2n) is 6.56. The van der Waals surface area contributed by atoms with Crippen molar-refractivity contribution in [3.05, 3.63) is 83.4 Å². The molecule has 0 unspecified atom stereocenters. The summed E-state index contributed by atoms with van der Waals surface area (Å²) in [5.74, 6) is -0.269. The van der Waals surface area contributed by atoms with Crippen molar-refractivity contribution in [3.63, 3.8) is 0 Å². The molecule has 0 aliphatic heterocycles. The molecule has 0 saturated heterocycles. The first-order valence-electron chi connectivity index (χ1n) is 8.72. The molecule has 8 heteroatoms. The summed E-state index contributed by atoms with van der Waals surface area (Å²) in [7, 11) is 0. The molecule has 0 aliphatic rings. The van der Waals surface area contributed by atoms with Crippen molar-refractivity contribution in [3.8, 4) is 5.69 Å². The Labute approximate surface area is 163 Å². The maximum absolute atomic E-state index is 12.9. The highest BCUT2D eigenvalue weighted by Crippen LogP contribution is 2.30. The van der Waals surface area contributed by atoms with E-state index in [0.29, 0.717) is 22.3 Å². The lowest BCUT2D eigenvalue weighted by Gasteiger charge is -2.07. The van der Waals surface area contributed by atoms with Gasteiger partial charge in [-0.25, -0.2) is 0 Å². The number of carbonyl (C=O) groups excluding carboxylic acids is 1. The lowest BCUT2D eigenvalue weighted by Crippen LogP contribution is -2.11. The van der Waals surface area contributed by atoms with Gasteiger partial charge in [0.25, 0.3) is 5.91 Å². The summed E-state index contributed by atoms with van der Waals surface area (Å²) in [5.41, 5.74) is 2.44. The topological polar surface area (TPSA) is 59.8 Å². The molecule has 29 heavy (non-hydrogen) atoms. The Kier molecular flexibility index (Phi) is 4.54. The van der Waals surface area contributed by atoms with E-state index in [4.69, 9.17) is 0 Å². The first-order chi connectivity index (χ1) is 13.8. The highest BCUT2D eigenvalue weighted by atomic mass is 19.4. The van der Waals surface area contributed by atoms with Crippen molar-refractivity contribution in [2.45, 2.75) is 13.1 Å². The van der Waals surface area contributed by atoms with E-state index < -0.39 is 11.7 Å².